The van der Waals surface area contributed by atoms with E-state index in [-0.39, 0.29) is 5.79 Å². The predicted molar refractivity (Wildman–Crippen MR) is 71.0 cm³/mol. The molecule has 1 unspecified atom stereocenters. The van der Waals surface area contributed by atoms with E-state index in [4.69, 9.17) is 9.47 Å². The van der Waals surface area contributed by atoms with E-state index in [0.717, 1.165) is 18.4 Å². The highest BCUT2D eigenvalue weighted by Gasteiger charge is 2.31. The van der Waals surface area contributed by atoms with E-state index >= 15 is 0 Å². The van der Waals surface area contributed by atoms with Crippen LogP contribution >= 0.6 is 15.9 Å². The van der Waals surface area contributed by atoms with Crippen molar-refractivity contribution < 1.29 is 9.47 Å². The molecule has 1 aliphatic heterocycles. The van der Waals surface area contributed by atoms with Crippen LogP contribution in [0, 0.1) is 0 Å². The van der Waals surface area contributed by atoms with Crippen LogP contribution in [0.2, 0.25) is 0 Å². The smallest absolute Gasteiger partial charge is 0.163 e. The van der Waals surface area contributed by atoms with Crippen molar-refractivity contribution in [3.8, 4) is 0 Å². The van der Waals surface area contributed by atoms with E-state index in [2.05, 4.69) is 15.9 Å². The zero-order valence-electron chi connectivity index (χ0n) is 10.6. The molecule has 3 heteroatoms. The Kier molecular flexibility index (Phi) is 6.94. The number of hydrogen-bond acceptors (Lipinski definition) is 2. The normalized spacial score (nSPS) is 23.8. The van der Waals surface area contributed by atoms with Gasteiger partial charge in [0.15, 0.2) is 5.79 Å². The fourth-order valence-electron chi connectivity index (χ4n) is 2.08. The van der Waals surface area contributed by atoms with Gasteiger partial charge in [-0.3, -0.25) is 0 Å². The molecule has 0 spiro atoms. The van der Waals surface area contributed by atoms with Crippen molar-refractivity contribution in [2.75, 3.05) is 11.9 Å². The largest absolute Gasteiger partial charge is 0.348 e. The van der Waals surface area contributed by atoms with Crippen LogP contribution in [-0.2, 0) is 9.47 Å². The Hall–Kier alpha value is 0.400. The van der Waals surface area contributed by atoms with Gasteiger partial charge in [0.1, 0.15) is 0 Å². The number of rotatable bonds is 8. The quantitative estimate of drug-likeness (QED) is 0.491. The lowest BCUT2D eigenvalue weighted by Gasteiger charge is -2.16. The first-order chi connectivity index (χ1) is 7.64. The second-order valence-electron chi connectivity index (χ2n) is 5.05. The van der Waals surface area contributed by atoms with Crippen molar-refractivity contribution in [2.45, 2.75) is 70.7 Å². The predicted octanol–water partition coefficient (Wildman–Crippen LogP) is 4.26. The standard InChI is InChI=1S/C13H25BrO2/c1-13(2)15-11-12(16-13)9-7-5-3-4-6-8-10-14/h12H,3-11H2,1-2H3. The Morgan fingerprint density at radius 3 is 2.25 bits per heavy atom. The van der Waals surface area contributed by atoms with Crippen LogP contribution in [0.4, 0.5) is 0 Å². The highest BCUT2D eigenvalue weighted by Crippen LogP contribution is 2.25. The molecular weight excluding hydrogens is 268 g/mol. The van der Waals surface area contributed by atoms with Crippen LogP contribution in [0.5, 0.6) is 0 Å². The number of alkyl halides is 1. The Bertz CT molecular complexity index is 183. The topological polar surface area (TPSA) is 18.5 Å². The molecule has 1 saturated heterocycles. The molecule has 0 N–H and O–H groups in total. The molecule has 1 aliphatic rings. The van der Waals surface area contributed by atoms with E-state index in [1.54, 1.807) is 0 Å². The van der Waals surface area contributed by atoms with Gasteiger partial charge in [0.25, 0.3) is 0 Å². The molecule has 0 aromatic rings. The number of unbranched alkanes of at least 4 members (excludes halogenated alkanes) is 5. The van der Waals surface area contributed by atoms with E-state index < -0.39 is 0 Å². The summed E-state index contributed by atoms with van der Waals surface area (Å²) in [4.78, 5) is 0. The third-order valence-electron chi connectivity index (χ3n) is 2.98. The number of halogens is 1. The van der Waals surface area contributed by atoms with Gasteiger partial charge >= 0.3 is 0 Å². The monoisotopic (exact) mass is 292 g/mol. The van der Waals surface area contributed by atoms with Crippen LogP contribution < -0.4 is 0 Å². The van der Waals surface area contributed by atoms with Gasteiger partial charge in [-0.1, -0.05) is 48.0 Å². The Balaban J connectivity index is 1.88. The Morgan fingerprint density at radius 1 is 1.06 bits per heavy atom. The molecular formula is C13H25BrO2. The lowest BCUT2D eigenvalue weighted by molar-refractivity contribution is -0.139. The Labute approximate surface area is 108 Å². The molecule has 0 aromatic carbocycles. The van der Waals surface area contributed by atoms with Crippen molar-refractivity contribution in [3.05, 3.63) is 0 Å². The molecule has 0 radical (unpaired) electrons. The van der Waals surface area contributed by atoms with Gasteiger partial charge in [-0.25, -0.2) is 0 Å². The summed E-state index contributed by atoms with van der Waals surface area (Å²) in [5.74, 6) is -0.347. The number of hydrogen-bond donors (Lipinski definition) is 0. The molecule has 1 atom stereocenters. The summed E-state index contributed by atoms with van der Waals surface area (Å²) in [6, 6.07) is 0. The second-order valence-corrected chi connectivity index (χ2v) is 5.84. The fourth-order valence-corrected chi connectivity index (χ4v) is 2.48. The molecule has 0 aromatic heterocycles. The third kappa shape index (κ3) is 6.21. The van der Waals surface area contributed by atoms with Gasteiger partial charge in [-0.15, -0.1) is 0 Å². The maximum absolute atomic E-state index is 5.77. The minimum atomic E-state index is -0.347. The summed E-state index contributed by atoms with van der Waals surface area (Å²) in [6.07, 6.45) is 9.51. The van der Waals surface area contributed by atoms with Gasteiger partial charge in [0.05, 0.1) is 12.7 Å². The molecule has 0 aliphatic carbocycles. The molecule has 0 saturated carbocycles. The minimum absolute atomic E-state index is 0.331. The van der Waals surface area contributed by atoms with E-state index in [0.29, 0.717) is 6.10 Å². The highest BCUT2D eigenvalue weighted by molar-refractivity contribution is 9.09. The van der Waals surface area contributed by atoms with Crippen LogP contribution in [0.15, 0.2) is 0 Å². The van der Waals surface area contributed by atoms with Crippen LogP contribution in [0.25, 0.3) is 0 Å². The molecule has 1 fully saturated rings. The molecule has 16 heavy (non-hydrogen) atoms. The van der Waals surface area contributed by atoms with E-state index in [9.17, 15) is 0 Å². The van der Waals surface area contributed by atoms with Gasteiger partial charge in [0, 0.05) is 5.33 Å². The summed E-state index contributed by atoms with van der Waals surface area (Å²) in [6.45, 7) is 4.76. The lowest BCUT2D eigenvalue weighted by Crippen LogP contribution is -2.21. The third-order valence-corrected chi connectivity index (χ3v) is 3.54. The zero-order valence-corrected chi connectivity index (χ0v) is 12.2. The first-order valence-corrected chi connectivity index (χ1v) is 7.64. The van der Waals surface area contributed by atoms with Gasteiger partial charge in [-0.05, 0) is 26.7 Å². The van der Waals surface area contributed by atoms with Gasteiger partial charge in [0.2, 0.25) is 0 Å². The summed E-state index contributed by atoms with van der Waals surface area (Å²) in [7, 11) is 0. The maximum Gasteiger partial charge on any atom is 0.163 e. The number of ether oxygens (including phenoxy) is 2. The fraction of sp³-hybridized carbons (Fsp3) is 1.00. The maximum atomic E-state index is 5.77. The minimum Gasteiger partial charge on any atom is -0.348 e. The first kappa shape index (κ1) is 14.5. The molecule has 1 rings (SSSR count). The van der Waals surface area contributed by atoms with Crippen molar-refractivity contribution in [1.82, 2.24) is 0 Å². The molecule has 2 nitrogen and oxygen atoms in total. The molecule has 0 bridgehead atoms. The zero-order chi connectivity index (χ0) is 11.9. The highest BCUT2D eigenvalue weighted by atomic mass is 79.9. The lowest BCUT2D eigenvalue weighted by atomic mass is 10.1. The summed E-state index contributed by atoms with van der Waals surface area (Å²) in [5, 5.41) is 1.15. The molecule has 1 heterocycles. The first-order valence-electron chi connectivity index (χ1n) is 6.52. The average molecular weight is 293 g/mol. The molecule has 96 valence electrons. The van der Waals surface area contributed by atoms with E-state index in [1.165, 1.54) is 38.5 Å². The van der Waals surface area contributed by atoms with E-state index in [1.807, 2.05) is 13.8 Å². The summed E-state index contributed by atoms with van der Waals surface area (Å²) >= 11 is 3.46. The second kappa shape index (κ2) is 7.67. The van der Waals surface area contributed by atoms with Crippen LogP contribution in [-0.4, -0.2) is 23.8 Å². The average Bonchev–Trinajstić information content (AvgIpc) is 2.57. The van der Waals surface area contributed by atoms with Gasteiger partial charge in [-0.2, -0.15) is 0 Å². The van der Waals surface area contributed by atoms with Crippen molar-refractivity contribution in [2.24, 2.45) is 0 Å². The van der Waals surface area contributed by atoms with Crippen molar-refractivity contribution in [3.63, 3.8) is 0 Å². The Morgan fingerprint density at radius 2 is 1.69 bits per heavy atom. The molecule has 0 amide bonds. The summed E-state index contributed by atoms with van der Waals surface area (Å²) in [5.41, 5.74) is 0. The van der Waals surface area contributed by atoms with Crippen molar-refractivity contribution in [1.29, 1.82) is 0 Å². The SMILES string of the molecule is CC1(C)OCC(CCCCCCCCBr)O1. The summed E-state index contributed by atoms with van der Waals surface area (Å²) < 4.78 is 11.3. The van der Waals surface area contributed by atoms with Crippen molar-refractivity contribution >= 4 is 15.9 Å². The van der Waals surface area contributed by atoms with Crippen LogP contribution in [0.1, 0.15) is 58.8 Å². The van der Waals surface area contributed by atoms with Gasteiger partial charge < -0.3 is 9.47 Å². The van der Waals surface area contributed by atoms with Crippen LogP contribution in [0.3, 0.4) is 0 Å².